The van der Waals surface area contributed by atoms with Gasteiger partial charge in [-0.3, -0.25) is 0 Å². The number of para-hydroxylation sites is 2. The number of aromatic nitrogens is 1. The molecule has 106 valence electrons. The zero-order chi connectivity index (χ0) is 15.0. The van der Waals surface area contributed by atoms with Gasteiger partial charge in [0.15, 0.2) is 0 Å². The minimum atomic E-state index is -0.526. The van der Waals surface area contributed by atoms with E-state index in [1.165, 1.54) is 0 Å². The maximum Gasteiger partial charge on any atom is 0.603 e. The van der Waals surface area contributed by atoms with E-state index in [9.17, 15) is 4.79 Å². The summed E-state index contributed by atoms with van der Waals surface area (Å²) in [7, 11) is 0. The van der Waals surface area contributed by atoms with Crippen molar-refractivity contribution >= 4 is 27.9 Å². The van der Waals surface area contributed by atoms with Crippen LogP contribution >= 0.6 is 0 Å². The molecule has 0 amide bonds. The van der Waals surface area contributed by atoms with E-state index in [0.29, 0.717) is 0 Å². The molecule has 3 aromatic rings. The maximum atomic E-state index is 12.6. The lowest BCUT2D eigenvalue weighted by Gasteiger charge is -2.16. The molecule has 0 bridgehead atoms. The third-order valence-corrected chi connectivity index (χ3v) is 3.24. The van der Waals surface area contributed by atoms with Crippen LogP contribution in [0.4, 0.5) is 4.79 Å². The first-order valence-corrected chi connectivity index (χ1v) is 7.02. The van der Waals surface area contributed by atoms with Gasteiger partial charge in [0.25, 0.3) is 0 Å². The smallest absolute Gasteiger partial charge is 0.406 e. The van der Waals surface area contributed by atoms with Gasteiger partial charge in [0.2, 0.25) is 11.0 Å². The molecule has 0 radical (unpaired) electrons. The van der Waals surface area contributed by atoms with Crippen LogP contribution in [0.2, 0.25) is 0 Å². The Labute approximate surface area is 123 Å². The highest BCUT2D eigenvalue weighted by Gasteiger charge is 2.29. The fraction of sp³-hybridized carbons (Fsp3) is 0.222. The van der Waals surface area contributed by atoms with Crippen molar-refractivity contribution in [2.24, 2.45) is 0 Å². The number of benzene rings is 2. The zero-order valence-corrected chi connectivity index (χ0v) is 12.5. The molecule has 1 heterocycles. The Morgan fingerprint density at radius 3 is 1.86 bits per heavy atom. The van der Waals surface area contributed by atoms with Crippen LogP contribution < -0.4 is 4.57 Å². The van der Waals surface area contributed by atoms with Crippen LogP contribution in [0.25, 0.3) is 21.8 Å². The van der Waals surface area contributed by atoms with Gasteiger partial charge in [0.05, 0.1) is 0 Å². The number of ether oxygens (including phenoxy) is 1. The van der Waals surface area contributed by atoms with Crippen LogP contribution in [-0.4, -0.2) is 11.7 Å². The zero-order valence-electron chi connectivity index (χ0n) is 12.5. The van der Waals surface area contributed by atoms with Crippen molar-refractivity contribution in [3.63, 3.8) is 0 Å². The molecule has 0 atom stereocenters. The number of pyridine rings is 1. The molecule has 0 unspecified atom stereocenters. The van der Waals surface area contributed by atoms with Crippen molar-refractivity contribution in [2.75, 3.05) is 0 Å². The second-order valence-corrected chi connectivity index (χ2v) is 6.08. The summed E-state index contributed by atoms with van der Waals surface area (Å²) in [6.45, 7) is 5.62. The van der Waals surface area contributed by atoms with E-state index in [1.807, 2.05) is 69.3 Å². The molecule has 0 saturated heterocycles. The Morgan fingerprint density at radius 2 is 1.38 bits per heavy atom. The quantitative estimate of drug-likeness (QED) is 0.459. The van der Waals surface area contributed by atoms with Gasteiger partial charge in [-0.25, -0.2) is 0 Å². The summed E-state index contributed by atoms with van der Waals surface area (Å²) in [6, 6.07) is 17.8. The number of carbonyl (C=O) groups excluding carboxylic acids is 1. The number of hydrogen-bond donors (Lipinski definition) is 0. The van der Waals surface area contributed by atoms with Gasteiger partial charge in [-0.15, -0.1) is 0 Å². The van der Waals surface area contributed by atoms with E-state index in [2.05, 4.69) is 6.07 Å². The summed E-state index contributed by atoms with van der Waals surface area (Å²) in [4.78, 5) is 12.6. The van der Waals surface area contributed by atoms with Gasteiger partial charge in [-0.1, -0.05) is 28.8 Å². The molecule has 3 rings (SSSR count). The molecule has 0 fully saturated rings. The van der Waals surface area contributed by atoms with E-state index in [0.717, 1.165) is 21.8 Å². The van der Waals surface area contributed by atoms with Gasteiger partial charge < -0.3 is 4.74 Å². The normalized spacial score (nSPS) is 11.8. The standard InChI is InChI=1S/C18H18NO2/c1-18(2,3)21-17(20)19-15-10-6-4-8-13(15)12-14-9-5-7-11-16(14)19/h4-12H,1-3H3/q+1. The number of fused-ring (bicyclic) bond motifs is 2. The van der Waals surface area contributed by atoms with Crippen LogP contribution in [0.15, 0.2) is 54.6 Å². The van der Waals surface area contributed by atoms with Gasteiger partial charge in [-0.05, 0) is 39.0 Å². The average Bonchev–Trinajstić information content (AvgIpc) is 2.42. The molecule has 3 nitrogen and oxygen atoms in total. The van der Waals surface area contributed by atoms with E-state index in [4.69, 9.17) is 4.74 Å². The molecule has 21 heavy (non-hydrogen) atoms. The molecule has 0 aliphatic carbocycles. The first-order valence-electron chi connectivity index (χ1n) is 7.02. The van der Waals surface area contributed by atoms with Crippen molar-refractivity contribution in [1.82, 2.24) is 0 Å². The van der Waals surface area contributed by atoms with Crippen molar-refractivity contribution in [1.29, 1.82) is 0 Å². The minimum absolute atomic E-state index is 0.351. The third-order valence-electron chi connectivity index (χ3n) is 3.24. The second kappa shape index (κ2) is 4.85. The van der Waals surface area contributed by atoms with Crippen molar-refractivity contribution < 1.29 is 14.1 Å². The maximum absolute atomic E-state index is 12.6. The number of nitrogens with zero attached hydrogens (tertiary/aromatic N) is 1. The van der Waals surface area contributed by atoms with E-state index < -0.39 is 5.60 Å². The van der Waals surface area contributed by atoms with Gasteiger partial charge in [0.1, 0.15) is 5.60 Å². The SMILES string of the molecule is CC(C)(C)OC(=O)[n+]1c2ccccc2cc2ccccc21. The molecule has 2 aromatic carbocycles. The van der Waals surface area contributed by atoms with Crippen LogP contribution in [0, 0.1) is 0 Å². The summed E-state index contributed by atoms with van der Waals surface area (Å²) in [5.41, 5.74) is 1.18. The average molecular weight is 280 g/mol. The molecule has 3 heteroatoms. The molecule has 0 aliphatic rings. The fourth-order valence-electron chi connectivity index (χ4n) is 2.43. The lowest BCUT2D eigenvalue weighted by atomic mass is 10.1. The summed E-state index contributed by atoms with van der Waals surface area (Å²) >= 11 is 0. The van der Waals surface area contributed by atoms with Crippen molar-refractivity contribution in [2.45, 2.75) is 26.4 Å². The first-order chi connectivity index (χ1) is 9.96. The molecule has 0 saturated carbocycles. The molecule has 0 aliphatic heterocycles. The number of carbonyl (C=O) groups is 1. The lowest BCUT2D eigenvalue weighted by molar-refractivity contribution is -0.533. The Balaban J connectivity index is 2.32. The van der Waals surface area contributed by atoms with E-state index in [-0.39, 0.29) is 6.09 Å². The summed E-state index contributed by atoms with van der Waals surface area (Å²) in [6.07, 6.45) is -0.351. The Bertz CT molecular complexity index is 777. The van der Waals surface area contributed by atoms with Crippen LogP contribution in [0.3, 0.4) is 0 Å². The third kappa shape index (κ3) is 2.59. The minimum Gasteiger partial charge on any atom is -0.406 e. The largest absolute Gasteiger partial charge is 0.603 e. The van der Waals surface area contributed by atoms with Crippen LogP contribution in [0.5, 0.6) is 0 Å². The highest BCUT2D eigenvalue weighted by atomic mass is 16.6. The number of rotatable bonds is 0. The topological polar surface area (TPSA) is 30.2 Å². The molecular formula is C18H18NO2+. The van der Waals surface area contributed by atoms with E-state index in [1.54, 1.807) is 4.57 Å². The van der Waals surface area contributed by atoms with E-state index >= 15 is 0 Å². The first kappa shape index (κ1) is 13.6. The lowest BCUT2D eigenvalue weighted by Crippen LogP contribution is -2.47. The summed E-state index contributed by atoms with van der Waals surface area (Å²) in [5.74, 6) is 0. The summed E-state index contributed by atoms with van der Waals surface area (Å²) in [5, 5.41) is 2.03. The second-order valence-electron chi connectivity index (χ2n) is 6.08. The molecule has 0 N–H and O–H groups in total. The van der Waals surface area contributed by atoms with Crippen molar-refractivity contribution in [3.8, 4) is 0 Å². The monoisotopic (exact) mass is 280 g/mol. The fourth-order valence-corrected chi connectivity index (χ4v) is 2.43. The number of hydrogen-bond acceptors (Lipinski definition) is 2. The molecular weight excluding hydrogens is 262 g/mol. The Morgan fingerprint density at radius 1 is 0.905 bits per heavy atom. The van der Waals surface area contributed by atoms with Gasteiger partial charge in [-0.2, -0.15) is 4.79 Å². The highest BCUT2D eigenvalue weighted by Crippen LogP contribution is 2.18. The van der Waals surface area contributed by atoms with Crippen LogP contribution in [-0.2, 0) is 4.74 Å². The summed E-state index contributed by atoms with van der Waals surface area (Å²) < 4.78 is 7.21. The van der Waals surface area contributed by atoms with Crippen LogP contribution in [0.1, 0.15) is 20.8 Å². The van der Waals surface area contributed by atoms with Gasteiger partial charge in [0, 0.05) is 22.9 Å². The predicted molar refractivity (Wildman–Crippen MR) is 83.3 cm³/mol. The predicted octanol–water partition coefficient (Wildman–Crippen LogP) is 4.06. The van der Waals surface area contributed by atoms with Gasteiger partial charge >= 0.3 is 6.09 Å². The highest BCUT2D eigenvalue weighted by molar-refractivity contribution is 5.91. The molecule has 1 aromatic heterocycles. The van der Waals surface area contributed by atoms with Crippen molar-refractivity contribution in [3.05, 3.63) is 54.6 Å². The Kier molecular flexibility index (Phi) is 3.13. The Hall–Kier alpha value is -2.42. The molecule has 0 spiro atoms.